The van der Waals surface area contributed by atoms with Crippen LogP contribution in [-0.2, 0) is 14.0 Å². The van der Waals surface area contributed by atoms with Crippen molar-refractivity contribution in [3.05, 3.63) is 70.1 Å². The Morgan fingerprint density at radius 1 is 1.12 bits per heavy atom. The maximum atomic E-state index is 13.8. The third kappa shape index (κ3) is 5.01. The number of azide groups is 1. The molecule has 1 unspecified atom stereocenters. The number of carbonyl (C=O) groups is 2. The van der Waals surface area contributed by atoms with Gasteiger partial charge in [0.2, 0.25) is 5.91 Å². The van der Waals surface area contributed by atoms with Crippen molar-refractivity contribution in [3.8, 4) is 11.5 Å². The van der Waals surface area contributed by atoms with Gasteiger partial charge in [-0.3, -0.25) is 4.79 Å². The molecule has 0 N–H and O–H groups in total. The maximum absolute atomic E-state index is 13.8. The van der Waals surface area contributed by atoms with Crippen LogP contribution in [0.25, 0.3) is 10.4 Å². The highest BCUT2D eigenvalue weighted by Crippen LogP contribution is 2.38. The number of amides is 2. The monoisotopic (exact) mass is 482 g/mol. The van der Waals surface area contributed by atoms with Crippen LogP contribution in [0.5, 0.6) is 11.5 Å². The third-order valence-electron chi connectivity index (χ3n) is 5.39. The number of hydrogen-bond acceptors (Lipinski definition) is 7. The third-order valence-corrected chi connectivity index (χ3v) is 6.35. The van der Waals surface area contributed by atoms with E-state index in [1.807, 2.05) is 50.0 Å². The van der Waals surface area contributed by atoms with Crippen LogP contribution in [0, 0.1) is 0 Å². The van der Waals surface area contributed by atoms with Gasteiger partial charge in [0.1, 0.15) is 31.9 Å². The van der Waals surface area contributed by atoms with Crippen LogP contribution >= 0.6 is 0 Å². The second-order valence-corrected chi connectivity index (χ2v) is 13.4. The Bertz CT molecular complexity index is 1120. The number of ether oxygens (including phenoxy) is 3. The van der Waals surface area contributed by atoms with E-state index < -0.39 is 38.5 Å². The first-order chi connectivity index (χ1) is 16.3. The maximum Gasteiger partial charge on any atom is 0.417 e. The Kier molecular flexibility index (Phi) is 6.78. The van der Waals surface area contributed by atoms with Crippen LogP contribution in [0.3, 0.4) is 0 Å². The van der Waals surface area contributed by atoms with Crippen molar-refractivity contribution >= 4 is 20.3 Å². The van der Waals surface area contributed by atoms with Crippen LogP contribution in [0.1, 0.15) is 23.3 Å². The molecule has 2 aliphatic heterocycles. The molecule has 0 spiro atoms. The molecule has 0 radical (unpaired) electrons. The van der Waals surface area contributed by atoms with E-state index in [0.29, 0.717) is 30.3 Å². The summed E-state index contributed by atoms with van der Waals surface area (Å²) in [4.78, 5) is 30.3. The summed E-state index contributed by atoms with van der Waals surface area (Å²) in [5.74, 6) is 0.413. The van der Waals surface area contributed by atoms with Crippen molar-refractivity contribution in [2.24, 2.45) is 5.11 Å². The minimum Gasteiger partial charge on any atom is -0.486 e. The normalized spacial score (nSPS) is 19.1. The van der Waals surface area contributed by atoms with E-state index in [9.17, 15) is 15.1 Å². The van der Waals surface area contributed by atoms with Gasteiger partial charge in [-0.25, -0.2) is 9.69 Å². The summed E-state index contributed by atoms with van der Waals surface area (Å²) in [5, 5.41) is 3.81. The van der Waals surface area contributed by atoms with Gasteiger partial charge in [0, 0.05) is 4.91 Å². The molecule has 2 heterocycles. The van der Waals surface area contributed by atoms with Crippen LogP contribution in [0.15, 0.2) is 53.6 Å². The predicted molar refractivity (Wildman–Crippen MR) is 125 cm³/mol. The van der Waals surface area contributed by atoms with Crippen molar-refractivity contribution in [2.75, 3.05) is 19.8 Å². The lowest BCUT2D eigenvalue weighted by Gasteiger charge is -2.33. The molecule has 2 amide bonds. The molecule has 2 aliphatic rings. The van der Waals surface area contributed by atoms with Crippen molar-refractivity contribution in [2.45, 2.75) is 37.8 Å². The van der Waals surface area contributed by atoms with Crippen LogP contribution in [-0.4, -0.2) is 51.1 Å². The van der Waals surface area contributed by atoms with Gasteiger partial charge in [0.05, 0.1) is 6.10 Å². The molecule has 178 valence electrons. The fourth-order valence-corrected chi connectivity index (χ4v) is 4.98. The SMILES string of the molecule is C[Si](C)(C)O[C@H](c1ccc2c(c1)OCCO2)[C@H](N=[N+]=[N-])C(=O)N1C(=O)OCC1c1ccccc1. The van der Waals surface area contributed by atoms with E-state index in [4.69, 9.17) is 18.6 Å². The topological polar surface area (TPSA) is 123 Å². The molecule has 0 saturated carbocycles. The molecule has 0 aromatic heterocycles. The first kappa shape index (κ1) is 23.6. The average Bonchev–Trinajstić information content (AvgIpc) is 3.22. The standard InChI is InChI=1S/C23H26N4O6Si/c1-34(2,3)33-21(16-9-10-18-19(13-16)31-12-11-30-18)20(25-26-24)22(28)27-17(14-32-23(27)29)15-7-5-4-6-8-15/h4-10,13,17,20-21H,11-12,14H2,1-3H3/t17?,20-,21+/m0/s1. The second kappa shape index (κ2) is 9.76. The lowest BCUT2D eigenvalue weighted by atomic mass is 9.99. The molecule has 0 aliphatic carbocycles. The minimum atomic E-state index is -2.26. The number of rotatable bonds is 7. The summed E-state index contributed by atoms with van der Waals surface area (Å²) < 4.78 is 22.9. The van der Waals surface area contributed by atoms with Gasteiger partial charge >= 0.3 is 6.09 Å². The highest BCUT2D eigenvalue weighted by atomic mass is 28.4. The van der Waals surface area contributed by atoms with Crippen molar-refractivity contribution in [1.82, 2.24) is 4.90 Å². The van der Waals surface area contributed by atoms with Crippen LogP contribution in [0.4, 0.5) is 4.79 Å². The molecular formula is C23H26N4O6Si. The second-order valence-electron chi connectivity index (χ2n) is 8.92. The molecule has 34 heavy (non-hydrogen) atoms. The van der Waals surface area contributed by atoms with Gasteiger partial charge in [0.25, 0.3) is 0 Å². The number of fused-ring (bicyclic) bond motifs is 1. The molecule has 11 heteroatoms. The average molecular weight is 483 g/mol. The first-order valence-electron chi connectivity index (χ1n) is 10.9. The quantitative estimate of drug-likeness (QED) is 0.243. The minimum absolute atomic E-state index is 0.0150. The van der Waals surface area contributed by atoms with Crippen molar-refractivity contribution in [1.29, 1.82) is 0 Å². The number of nitrogens with zero attached hydrogens (tertiary/aromatic N) is 4. The molecule has 4 rings (SSSR count). The molecular weight excluding hydrogens is 456 g/mol. The summed E-state index contributed by atoms with van der Waals surface area (Å²) in [6.07, 6.45) is -1.72. The molecule has 1 fully saturated rings. The van der Waals surface area contributed by atoms with Gasteiger partial charge in [-0.1, -0.05) is 41.5 Å². The lowest BCUT2D eigenvalue weighted by Crippen LogP contribution is -2.45. The first-order valence-corrected chi connectivity index (χ1v) is 14.4. The smallest absolute Gasteiger partial charge is 0.417 e. The number of hydrogen-bond donors (Lipinski definition) is 0. The van der Waals surface area contributed by atoms with Gasteiger partial charge in [-0.15, -0.1) is 0 Å². The van der Waals surface area contributed by atoms with Crippen molar-refractivity contribution in [3.63, 3.8) is 0 Å². The van der Waals surface area contributed by atoms with Gasteiger partial charge in [-0.2, -0.15) is 0 Å². The summed E-state index contributed by atoms with van der Waals surface area (Å²) >= 11 is 0. The molecule has 2 aromatic carbocycles. The zero-order valence-corrected chi connectivity index (χ0v) is 20.2. The number of carbonyl (C=O) groups excluding carboxylic acids is 2. The van der Waals surface area contributed by atoms with Gasteiger partial charge < -0.3 is 18.6 Å². The zero-order valence-electron chi connectivity index (χ0n) is 19.2. The fourth-order valence-electron chi connectivity index (χ4n) is 3.96. The molecule has 0 bridgehead atoms. The van der Waals surface area contributed by atoms with E-state index in [-0.39, 0.29) is 6.61 Å². The van der Waals surface area contributed by atoms with E-state index in [1.54, 1.807) is 18.2 Å². The number of cyclic esters (lactones) is 1. The summed E-state index contributed by atoms with van der Waals surface area (Å²) in [7, 11) is -2.26. The molecule has 10 nitrogen and oxygen atoms in total. The fraction of sp³-hybridized carbons (Fsp3) is 0.391. The van der Waals surface area contributed by atoms with Crippen LogP contribution < -0.4 is 9.47 Å². The van der Waals surface area contributed by atoms with Crippen LogP contribution in [0.2, 0.25) is 19.6 Å². The Hall–Kier alpha value is -3.53. The summed E-state index contributed by atoms with van der Waals surface area (Å²) in [6.45, 7) is 6.75. The predicted octanol–water partition coefficient (Wildman–Crippen LogP) is 4.75. The molecule has 1 saturated heterocycles. The Morgan fingerprint density at radius 3 is 2.50 bits per heavy atom. The summed E-state index contributed by atoms with van der Waals surface area (Å²) in [6, 6.07) is 12.3. The van der Waals surface area contributed by atoms with E-state index in [1.165, 1.54) is 0 Å². The number of benzene rings is 2. The highest BCUT2D eigenvalue weighted by molar-refractivity contribution is 6.69. The van der Waals surface area contributed by atoms with Gasteiger partial charge in [-0.05, 0) is 48.4 Å². The molecule has 3 atom stereocenters. The zero-order chi connectivity index (χ0) is 24.3. The van der Waals surface area contributed by atoms with Gasteiger partial charge in [0.15, 0.2) is 19.8 Å². The number of imide groups is 1. The summed E-state index contributed by atoms with van der Waals surface area (Å²) in [5.41, 5.74) is 10.7. The lowest BCUT2D eigenvalue weighted by molar-refractivity contribution is -0.133. The van der Waals surface area contributed by atoms with E-state index >= 15 is 0 Å². The van der Waals surface area contributed by atoms with E-state index in [2.05, 4.69) is 10.0 Å². The molecule has 2 aromatic rings. The Balaban J connectivity index is 1.74. The Labute approximate surface area is 198 Å². The van der Waals surface area contributed by atoms with Crippen molar-refractivity contribution < 1.29 is 28.2 Å². The largest absolute Gasteiger partial charge is 0.486 e. The van der Waals surface area contributed by atoms with E-state index in [0.717, 1.165) is 10.5 Å². The highest BCUT2D eigenvalue weighted by Gasteiger charge is 2.45. The Morgan fingerprint density at radius 2 is 1.82 bits per heavy atom.